The van der Waals surface area contributed by atoms with Crippen molar-refractivity contribution in [2.75, 3.05) is 12.4 Å². The van der Waals surface area contributed by atoms with E-state index in [9.17, 15) is 0 Å². The van der Waals surface area contributed by atoms with Crippen LogP contribution in [0.15, 0.2) is 79.0 Å². The van der Waals surface area contributed by atoms with Crippen LogP contribution >= 0.6 is 0 Å². The molecule has 5 rings (SSSR count). The number of hydrogen-bond donors (Lipinski definition) is 2. The van der Waals surface area contributed by atoms with Gasteiger partial charge in [-0.25, -0.2) is 0 Å². The van der Waals surface area contributed by atoms with E-state index in [0.717, 1.165) is 33.5 Å². The van der Waals surface area contributed by atoms with Gasteiger partial charge in [0.25, 0.3) is 0 Å². The molecule has 5 aromatic rings. The molecule has 0 aliphatic heterocycles. The molecule has 0 fully saturated rings. The van der Waals surface area contributed by atoms with Crippen molar-refractivity contribution in [3.8, 4) is 28.6 Å². The Morgan fingerprint density at radius 3 is 2.69 bits per heavy atom. The van der Waals surface area contributed by atoms with Crippen molar-refractivity contribution in [2.24, 2.45) is 0 Å². The lowest BCUT2D eigenvalue weighted by Gasteiger charge is -2.10. The number of nitrogens with zero attached hydrogens (tertiary/aromatic N) is 3. The monoisotopic (exact) mass is 423 g/mol. The van der Waals surface area contributed by atoms with Crippen molar-refractivity contribution in [2.45, 2.75) is 6.92 Å². The van der Waals surface area contributed by atoms with Crippen molar-refractivity contribution in [3.63, 3.8) is 0 Å². The van der Waals surface area contributed by atoms with E-state index >= 15 is 0 Å². The molecule has 32 heavy (non-hydrogen) atoms. The second kappa shape index (κ2) is 8.39. The number of aryl methyl sites for hydroxylation is 1. The number of benzene rings is 3. The third-order valence-electron chi connectivity index (χ3n) is 5.00. The molecule has 2 N–H and O–H groups in total. The number of aromatic nitrogens is 4. The van der Waals surface area contributed by atoms with Crippen LogP contribution in [0.2, 0.25) is 0 Å². The summed E-state index contributed by atoms with van der Waals surface area (Å²) >= 11 is 0. The first-order valence-corrected chi connectivity index (χ1v) is 10.1. The Hall–Kier alpha value is -4.39. The molecule has 0 saturated carbocycles. The van der Waals surface area contributed by atoms with Gasteiger partial charge < -0.3 is 14.8 Å². The van der Waals surface area contributed by atoms with Gasteiger partial charge in [-0.15, -0.1) is 5.10 Å². The van der Waals surface area contributed by atoms with Gasteiger partial charge in [-0.1, -0.05) is 24.3 Å². The molecule has 0 radical (unpaired) electrons. The van der Waals surface area contributed by atoms with Gasteiger partial charge in [0.1, 0.15) is 17.2 Å². The van der Waals surface area contributed by atoms with Gasteiger partial charge in [0, 0.05) is 22.8 Å². The van der Waals surface area contributed by atoms with Crippen LogP contribution in [0.1, 0.15) is 5.56 Å². The fourth-order valence-electron chi connectivity index (χ4n) is 3.45. The smallest absolute Gasteiger partial charge is 0.246 e. The average molecular weight is 423 g/mol. The standard InChI is InChI=1S/C25H21N5O2/c1-16-5-3-7-18(13-16)27-25-28-24(29-30-25)17-6-4-8-20(14-17)32-23-11-12-26-22-10-9-19(31-2)15-21(22)23/h3-15H,1-2H3,(H2,27,28,29,30). The summed E-state index contributed by atoms with van der Waals surface area (Å²) in [7, 11) is 1.64. The van der Waals surface area contributed by atoms with Crippen molar-refractivity contribution < 1.29 is 9.47 Å². The van der Waals surface area contributed by atoms with E-state index in [-0.39, 0.29) is 0 Å². The predicted molar refractivity (Wildman–Crippen MR) is 125 cm³/mol. The molecule has 7 nitrogen and oxygen atoms in total. The lowest BCUT2D eigenvalue weighted by atomic mass is 10.2. The highest BCUT2D eigenvalue weighted by molar-refractivity contribution is 5.86. The molecule has 0 aliphatic carbocycles. The third kappa shape index (κ3) is 4.09. The number of anilines is 2. The van der Waals surface area contributed by atoms with Gasteiger partial charge in [-0.05, 0) is 61.0 Å². The molecular weight excluding hydrogens is 402 g/mol. The normalized spacial score (nSPS) is 10.8. The minimum absolute atomic E-state index is 0.504. The number of H-pyrrole nitrogens is 1. The SMILES string of the molecule is COc1ccc2nccc(Oc3cccc(-c4nc(Nc5cccc(C)c5)n[nH]4)c3)c2c1. The number of fused-ring (bicyclic) bond motifs is 1. The molecule has 0 amide bonds. The maximum Gasteiger partial charge on any atom is 0.246 e. The molecule has 0 spiro atoms. The van der Waals surface area contributed by atoms with Gasteiger partial charge in [-0.3, -0.25) is 10.1 Å². The molecule has 7 heteroatoms. The largest absolute Gasteiger partial charge is 0.497 e. The number of methoxy groups -OCH3 is 1. The maximum absolute atomic E-state index is 6.20. The summed E-state index contributed by atoms with van der Waals surface area (Å²) in [4.78, 5) is 8.97. The number of pyridine rings is 1. The first-order chi connectivity index (χ1) is 15.7. The zero-order chi connectivity index (χ0) is 21.9. The maximum atomic E-state index is 6.20. The van der Waals surface area contributed by atoms with Gasteiger partial charge in [-0.2, -0.15) is 4.98 Å². The Labute approximate surface area is 185 Å². The first kappa shape index (κ1) is 19.6. The van der Waals surface area contributed by atoms with Crippen LogP contribution in [-0.2, 0) is 0 Å². The fourth-order valence-corrected chi connectivity index (χ4v) is 3.45. The summed E-state index contributed by atoms with van der Waals surface area (Å²) in [6, 6.07) is 23.3. The lowest BCUT2D eigenvalue weighted by molar-refractivity contribution is 0.415. The molecule has 2 heterocycles. The number of ether oxygens (including phenoxy) is 2. The Bertz CT molecular complexity index is 1400. The van der Waals surface area contributed by atoms with E-state index in [1.807, 2.05) is 79.7 Å². The molecular formula is C25H21N5O2. The quantitative estimate of drug-likeness (QED) is 0.355. The molecule has 158 valence electrons. The Morgan fingerprint density at radius 1 is 0.906 bits per heavy atom. The molecule has 0 bridgehead atoms. The van der Waals surface area contributed by atoms with Crippen LogP contribution in [0, 0.1) is 6.92 Å². The Balaban J connectivity index is 1.40. The van der Waals surface area contributed by atoms with Crippen LogP contribution in [0.4, 0.5) is 11.6 Å². The van der Waals surface area contributed by atoms with Crippen molar-refractivity contribution in [1.29, 1.82) is 0 Å². The summed E-state index contributed by atoms with van der Waals surface area (Å²) < 4.78 is 11.5. The molecule has 0 atom stereocenters. The highest BCUT2D eigenvalue weighted by Gasteiger charge is 2.10. The molecule has 0 unspecified atom stereocenters. The predicted octanol–water partition coefficient (Wildman–Crippen LogP) is 5.87. The van der Waals surface area contributed by atoms with E-state index in [0.29, 0.717) is 23.3 Å². The number of nitrogens with one attached hydrogen (secondary N) is 2. The van der Waals surface area contributed by atoms with Crippen LogP contribution in [0.3, 0.4) is 0 Å². The van der Waals surface area contributed by atoms with E-state index in [4.69, 9.17) is 9.47 Å². The zero-order valence-corrected chi connectivity index (χ0v) is 17.7. The molecule has 0 saturated heterocycles. The van der Waals surface area contributed by atoms with Crippen LogP contribution in [-0.4, -0.2) is 27.3 Å². The molecule has 3 aromatic carbocycles. The topological polar surface area (TPSA) is 84.9 Å². The van der Waals surface area contributed by atoms with E-state index < -0.39 is 0 Å². The van der Waals surface area contributed by atoms with Crippen LogP contribution in [0.5, 0.6) is 17.2 Å². The number of rotatable bonds is 6. The summed E-state index contributed by atoms with van der Waals surface area (Å²) in [6.07, 6.45) is 1.73. The second-order valence-electron chi connectivity index (χ2n) is 7.32. The lowest BCUT2D eigenvalue weighted by Crippen LogP contribution is -1.92. The summed E-state index contributed by atoms with van der Waals surface area (Å²) in [6.45, 7) is 2.04. The fraction of sp³-hybridized carbons (Fsp3) is 0.0800. The zero-order valence-electron chi connectivity index (χ0n) is 17.7. The Kier molecular flexibility index (Phi) is 5.13. The van der Waals surface area contributed by atoms with Gasteiger partial charge >= 0.3 is 0 Å². The third-order valence-corrected chi connectivity index (χ3v) is 5.00. The van der Waals surface area contributed by atoms with Crippen molar-refractivity contribution in [3.05, 3.63) is 84.6 Å². The van der Waals surface area contributed by atoms with Crippen LogP contribution < -0.4 is 14.8 Å². The molecule has 0 aliphatic rings. The van der Waals surface area contributed by atoms with Gasteiger partial charge in [0.15, 0.2) is 5.82 Å². The van der Waals surface area contributed by atoms with Crippen molar-refractivity contribution >= 4 is 22.5 Å². The average Bonchev–Trinajstić information content (AvgIpc) is 3.28. The second-order valence-corrected chi connectivity index (χ2v) is 7.32. The van der Waals surface area contributed by atoms with Crippen LogP contribution in [0.25, 0.3) is 22.3 Å². The minimum atomic E-state index is 0.504. The number of hydrogen-bond acceptors (Lipinski definition) is 6. The van der Waals surface area contributed by atoms with Gasteiger partial charge in [0.05, 0.1) is 12.6 Å². The first-order valence-electron chi connectivity index (χ1n) is 10.1. The van der Waals surface area contributed by atoms with E-state index in [1.165, 1.54) is 0 Å². The summed E-state index contributed by atoms with van der Waals surface area (Å²) in [5.74, 6) is 3.28. The van der Waals surface area contributed by atoms with Crippen molar-refractivity contribution in [1.82, 2.24) is 20.2 Å². The molecule has 2 aromatic heterocycles. The number of aromatic amines is 1. The Morgan fingerprint density at radius 2 is 1.81 bits per heavy atom. The van der Waals surface area contributed by atoms with E-state index in [1.54, 1.807) is 13.3 Å². The van der Waals surface area contributed by atoms with E-state index in [2.05, 4.69) is 25.5 Å². The van der Waals surface area contributed by atoms with Gasteiger partial charge in [0.2, 0.25) is 5.95 Å². The summed E-state index contributed by atoms with van der Waals surface area (Å²) in [5.41, 5.74) is 3.80. The summed E-state index contributed by atoms with van der Waals surface area (Å²) in [5, 5.41) is 11.4. The minimum Gasteiger partial charge on any atom is -0.497 e. The highest BCUT2D eigenvalue weighted by Crippen LogP contribution is 2.32. The highest BCUT2D eigenvalue weighted by atomic mass is 16.5.